The van der Waals surface area contributed by atoms with Crippen LogP contribution in [-0.4, -0.2) is 12.8 Å². The van der Waals surface area contributed by atoms with E-state index in [1.54, 1.807) is 0 Å². The SMILES string of the molecule is NC[C]=O.[Ag]. The van der Waals surface area contributed by atoms with Crippen molar-refractivity contribution in [2.24, 2.45) is 5.73 Å². The Hall–Kier alpha value is 0.370. The molecule has 2 N–H and O–H groups in total. The molecule has 34 valence electrons. The second-order valence-corrected chi connectivity index (χ2v) is 0.348. The molecule has 0 aliphatic heterocycles. The average molecular weight is 166 g/mol. The van der Waals surface area contributed by atoms with Gasteiger partial charge in [-0.15, -0.1) is 0 Å². The van der Waals surface area contributed by atoms with Crippen LogP contribution >= 0.6 is 0 Å². The van der Waals surface area contributed by atoms with Crippen LogP contribution in [0.1, 0.15) is 0 Å². The Labute approximate surface area is 46.2 Å². The van der Waals surface area contributed by atoms with E-state index in [1.807, 2.05) is 0 Å². The molecule has 3 heteroatoms. The first-order valence-electron chi connectivity index (χ1n) is 0.966. The van der Waals surface area contributed by atoms with Crippen LogP contribution in [0.2, 0.25) is 0 Å². The van der Waals surface area contributed by atoms with Crippen LogP contribution in [0, 0.1) is 0 Å². The molecular weight excluding hydrogens is 162 g/mol. The first-order valence-corrected chi connectivity index (χ1v) is 0.966. The van der Waals surface area contributed by atoms with Gasteiger partial charge in [-0.1, -0.05) is 0 Å². The van der Waals surface area contributed by atoms with Crippen molar-refractivity contribution in [2.75, 3.05) is 6.54 Å². The van der Waals surface area contributed by atoms with E-state index < -0.39 is 0 Å². The number of rotatable bonds is 1. The molecule has 0 aromatic carbocycles. The zero-order valence-electron chi connectivity index (χ0n) is 2.49. The molecule has 2 radical (unpaired) electrons. The monoisotopic (exact) mass is 165 g/mol. The predicted molar refractivity (Wildman–Crippen MR) is 14.7 cm³/mol. The predicted octanol–water partition coefficient (Wildman–Crippen LogP) is -0.948. The zero-order valence-corrected chi connectivity index (χ0v) is 3.98. The van der Waals surface area contributed by atoms with E-state index >= 15 is 0 Å². The van der Waals surface area contributed by atoms with Gasteiger partial charge in [0.25, 0.3) is 0 Å². The molecule has 0 heterocycles. The Morgan fingerprint density at radius 1 is 1.80 bits per heavy atom. The van der Waals surface area contributed by atoms with Crippen LogP contribution in [0.3, 0.4) is 0 Å². The Morgan fingerprint density at radius 3 is 2.00 bits per heavy atom. The first-order chi connectivity index (χ1) is 1.91. The first kappa shape index (κ1) is 9.03. The molecule has 0 saturated carbocycles. The molecule has 0 unspecified atom stereocenters. The topological polar surface area (TPSA) is 43.1 Å². The van der Waals surface area contributed by atoms with E-state index in [0.29, 0.717) is 0 Å². The summed E-state index contributed by atoms with van der Waals surface area (Å²) in [6, 6.07) is 0. The van der Waals surface area contributed by atoms with Gasteiger partial charge < -0.3 is 5.73 Å². The van der Waals surface area contributed by atoms with Crippen molar-refractivity contribution >= 4 is 6.29 Å². The fraction of sp³-hybridized carbons (Fsp3) is 0.500. The Morgan fingerprint density at radius 2 is 2.00 bits per heavy atom. The molecule has 0 aromatic rings. The maximum absolute atomic E-state index is 8.92. The van der Waals surface area contributed by atoms with Gasteiger partial charge in [-0.25, -0.2) is 0 Å². The van der Waals surface area contributed by atoms with Crippen molar-refractivity contribution in [3.63, 3.8) is 0 Å². The Bertz CT molecular complexity index is 23.6. The van der Waals surface area contributed by atoms with Crippen LogP contribution in [0.5, 0.6) is 0 Å². The van der Waals surface area contributed by atoms with Crippen molar-refractivity contribution < 1.29 is 27.2 Å². The molecule has 0 fully saturated rings. The standard InChI is InChI=1S/C2H4NO.Ag/c3-1-2-4;/h1,3H2;. The minimum atomic E-state index is 0. The summed E-state index contributed by atoms with van der Waals surface area (Å²) in [6.45, 7) is 0.0139. The molecule has 0 spiro atoms. The third-order valence-electron chi connectivity index (χ3n) is 0.0833. The maximum atomic E-state index is 8.92. The molecule has 2 nitrogen and oxygen atoms in total. The second kappa shape index (κ2) is 8.84. The summed E-state index contributed by atoms with van der Waals surface area (Å²) >= 11 is 0. The number of hydrogen-bond acceptors (Lipinski definition) is 2. The van der Waals surface area contributed by atoms with Gasteiger partial charge in [0.05, 0.1) is 6.54 Å². The van der Waals surface area contributed by atoms with Gasteiger partial charge >= 0.3 is 0 Å². The van der Waals surface area contributed by atoms with Crippen molar-refractivity contribution in [1.82, 2.24) is 0 Å². The van der Waals surface area contributed by atoms with Gasteiger partial charge in [-0.05, 0) is 0 Å². The third kappa shape index (κ3) is 13.1. The van der Waals surface area contributed by atoms with Crippen molar-refractivity contribution in [3.8, 4) is 0 Å². The molecule has 0 aromatic heterocycles. The molecular formula is C2H4AgNO. The quantitative estimate of drug-likeness (QED) is 0.510. The number of hydrogen-bond donors (Lipinski definition) is 1. The van der Waals surface area contributed by atoms with Crippen molar-refractivity contribution in [1.29, 1.82) is 0 Å². The Balaban J connectivity index is 0. The van der Waals surface area contributed by atoms with Crippen molar-refractivity contribution in [3.05, 3.63) is 0 Å². The van der Waals surface area contributed by atoms with E-state index in [0.717, 1.165) is 0 Å². The van der Waals surface area contributed by atoms with E-state index in [1.165, 1.54) is 6.29 Å². The molecule has 0 rings (SSSR count). The number of nitrogens with two attached hydrogens (primary N) is 1. The zero-order chi connectivity index (χ0) is 3.41. The molecule has 0 aliphatic rings. The summed E-state index contributed by atoms with van der Waals surface area (Å²) in [6.07, 6.45) is 1.46. The molecule has 0 atom stereocenters. The summed E-state index contributed by atoms with van der Waals surface area (Å²) in [5.41, 5.74) is 4.60. The Kier molecular flexibility index (Phi) is 16.0. The fourth-order valence-electron chi connectivity index (χ4n) is 0. The van der Waals surface area contributed by atoms with Crippen LogP contribution in [0.15, 0.2) is 0 Å². The minimum Gasteiger partial charge on any atom is -0.324 e. The fourth-order valence-corrected chi connectivity index (χ4v) is 0. The maximum Gasteiger partial charge on any atom is 0.213 e. The summed E-state index contributed by atoms with van der Waals surface area (Å²) in [5, 5.41) is 0. The van der Waals surface area contributed by atoms with Gasteiger partial charge in [0.15, 0.2) is 0 Å². The molecule has 0 bridgehead atoms. The minimum absolute atomic E-state index is 0. The van der Waals surface area contributed by atoms with Crippen LogP contribution in [0.4, 0.5) is 0 Å². The largest absolute Gasteiger partial charge is 0.324 e. The summed E-state index contributed by atoms with van der Waals surface area (Å²) in [7, 11) is 0. The summed E-state index contributed by atoms with van der Waals surface area (Å²) in [4.78, 5) is 8.92. The normalized spacial score (nSPS) is 5.00. The van der Waals surface area contributed by atoms with E-state index in [9.17, 15) is 0 Å². The molecule has 0 aliphatic carbocycles. The van der Waals surface area contributed by atoms with Gasteiger partial charge in [0.1, 0.15) is 0 Å². The summed E-state index contributed by atoms with van der Waals surface area (Å²) < 4.78 is 0. The number of carbonyl (C=O) groups excluding carboxylic acids is 1. The second-order valence-electron chi connectivity index (χ2n) is 0.348. The van der Waals surface area contributed by atoms with Crippen LogP contribution in [-0.2, 0) is 27.2 Å². The van der Waals surface area contributed by atoms with Crippen molar-refractivity contribution in [2.45, 2.75) is 0 Å². The van der Waals surface area contributed by atoms with Gasteiger partial charge in [0, 0.05) is 22.4 Å². The van der Waals surface area contributed by atoms with Gasteiger partial charge in [0.2, 0.25) is 6.29 Å². The van der Waals surface area contributed by atoms with Gasteiger partial charge in [-0.3, -0.25) is 4.79 Å². The van der Waals surface area contributed by atoms with E-state index in [2.05, 4.69) is 5.73 Å². The van der Waals surface area contributed by atoms with Gasteiger partial charge in [-0.2, -0.15) is 0 Å². The molecule has 0 saturated heterocycles. The van der Waals surface area contributed by atoms with E-state index in [-0.39, 0.29) is 28.9 Å². The van der Waals surface area contributed by atoms with E-state index in [4.69, 9.17) is 4.79 Å². The third-order valence-corrected chi connectivity index (χ3v) is 0.0833. The van der Waals surface area contributed by atoms with Crippen LogP contribution in [0.25, 0.3) is 0 Å². The molecule has 0 amide bonds. The average Bonchev–Trinajstić information content (AvgIpc) is 1.37. The smallest absolute Gasteiger partial charge is 0.213 e. The summed E-state index contributed by atoms with van der Waals surface area (Å²) in [5.74, 6) is 0. The van der Waals surface area contributed by atoms with Crippen LogP contribution < -0.4 is 5.73 Å². The molecule has 5 heavy (non-hydrogen) atoms.